The molecule has 4 N–H and O–H groups in total. The van der Waals surface area contributed by atoms with Gasteiger partial charge in [-0.1, -0.05) is 18.2 Å². The van der Waals surface area contributed by atoms with Gasteiger partial charge in [0, 0.05) is 11.4 Å². The Bertz CT molecular complexity index is 490. The lowest BCUT2D eigenvalue weighted by molar-refractivity contribution is 1.46. The van der Waals surface area contributed by atoms with Crippen molar-refractivity contribution in [3.63, 3.8) is 0 Å². The molecular formula is C13H14N2. The van der Waals surface area contributed by atoms with Crippen molar-refractivity contribution in [2.24, 2.45) is 0 Å². The van der Waals surface area contributed by atoms with Gasteiger partial charge in [0.2, 0.25) is 0 Å². The number of benzene rings is 2. The van der Waals surface area contributed by atoms with Crippen LogP contribution in [0.3, 0.4) is 0 Å². The second-order valence-electron chi connectivity index (χ2n) is 3.70. The summed E-state index contributed by atoms with van der Waals surface area (Å²) in [6.07, 6.45) is 0. The summed E-state index contributed by atoms with van der Waals surface area (Å²) in [6.45, 7) is 2.05. The first-order valence-electron chi connectivity index (χ1n) is 4.89. The van der Waals surface area contributed by atoms with E-state index in [-0.39, 0.29) is 0 Å². The van der Waals surface area contributed by atoms with Crippen LogP contribution < -0.4 is 11.5 Å². The van der Waals surface area contributed by atoms with E-state index in [0.717, 1.165) is 16.9 Å². The molecule has 15 heavy (non-hydrogen) atoms. The average molecular weight is 198 g/mol. The number of nitrogen functional groups attached to an aromatic ring is 2. The zero-order valence-electron chi connectivity index (χ0n) is 8.70. The SMILES string of the molecule is Cc1cc(N)ccc1-c1cccc(N)c1. The van der Waals surface area contributed by atoms with Crippen molar-refractivity contribution >= 4 is 11.4 Å². The Morgan fingerprint density at radius 2 is 1.60 bits per heavy atom. The molecule has 2 heteroatoms. The number of aryl methyl sites for hydroxylation is 1. The molecule has 0 saturated heterocycles. The Labute approximate surface area is 89.5 Å². The van der Waals surface area contributed by atoms with E-state index in [9.17, 15) is 0 Å². The maximum absolute atomic E-state index is 5.75. The lowest BCUT2D eigenvalue weighted by atomic mass is 10.00. The second-order valence-corrected chi connectivity index (χ2v) is 3.70. The highest BCUT2D eigenvalue weighted by Crippen LogP contribution is 2.26. The topological polar surface area (TPSA) is 52.0 Å². The molecule has 76 valence electrons. The quantitative estimate of drug-likeness (QED) is 0.692. The minimum atomic E-state index is 0.781. The van der Waals surface area contributed by atoms with Crippen molar-refractivity contribution in [1.29, 1.82) is 0 Å². The molecule has 0 aliphatic carbocycles. The van der Waals surface area contributed by atoms with Gasteiger partial charge in [-0.15, -0.1) is 0 Å². The molecule has 0 amide bonds. The Morgan fingerprint density at radius 1 is 0.867 bits per heavy atom. The van der Waals surface area contributed by atoms with E-state index >= 15 is 0 Å². The third-order valence-electron chi connectivity index (χ3n) is 2.45. The number of hydrogen-bond donors (Lipinski definition) is 2. The van der Waals surface area contributed by atoms with Gasteiger partial charge in [0.25, 0.3) is 0 Å². The molecule has 0 aromatic heterocycles. The maximum atomic E-state index is 5.75. The third-order valence-corrected chi connectivity index (χ3v) is 2.45. The van der Waals surface area contributed by atoms with Gasteiger partial charge in [-0.2, -0.15) is 0 Å². The summed E-state index contributed by atoms with van der Waals surface area (Å²) in [5, 5.41) is 0. The van der Waals surface area contributed by atoms with Crippen molar-refractivity contribution in [3.8, 4) is 11.1 Å². The summed E-state index contributed by atoms with van der Waals surface area (Å²) < 4.78 is 0. The van der Waals surface area contributed by atoms with Crippen LogP contribution in [-0.2, 0) is 0 Å². The molecular weight excluding hydrogens is 184 g/mol. The summed E-state index contributed by atoms with van der Waals surface area (Å²) in [6, 6.07) is 13.8. The molecule has 0 bridgehead atoms. The van der Waals surface area contributed by atoms with Gasteiger partial charge < -0.3 is 11.5 Å². The first-order valence-corrected chi connectivity index (χ1v) is 4.89. The largest absolute Gasteiger partial charge is 0.399 e. The fourth-order valence-corrected chi connectivity index (χ4v) is 1.72. The summed E-state index contributed by atoms with van der Waals surface area (Å²) in [5.74, 6) is 0. The van der Waals surface area contributed by atoms with Crippen LogP contribution in [0.5, 0.6) is 0 Å². The van der Waals surface area contributed by atoms with Gasteiger partial charge in [0.15, 0.2) is 0 Å². The van der Waals surface area contributed by atoms with E-state index in [1.165, 1.54) is 11.1 Å². The van der Waals surface area contributed by atoms with Crippen LogP contribution in [-0.4, -0.2) is 0 Å². The molecule has 0 radical (unpaired) electrons. The summed E-state index contributed by atoms with van der Waals surface area (Å²) >= 11 is 0. The predicted octanol–water partition coefficient (Wildman–Crippen LogP) is 2.83. The van der Waals surface area contributed by atoms with Crippen LogP contribution >= 0.6 is 0 Å². The standard InChI is InChI=1S/C13H14N2/c1-9-7-12(15)5-6-13(9)10-3-2-4-11(14)8-10/h2-8H,14-15H2,1H3. The molecule has 2 aromatic carbocycles. The number of nitrogens with two attached hydrogens (primary N) is 2. The minimum absolute atomic E-state index is 0.781. The van der Waals surface area contributed by atoms with Gasteiger partial charge in [0.1, 0.15) is 0 Å². The van der Waals surface area contributed by atoms with Crippen molar-refractivity contribution in [2.75, 3.05) is 11.5 Å². The Balaban J connectivity index is 2.54. The van der Waals surface area contributed by atoms with Crippen LogP contribution in [0.1, 0.15) is 5.56 Å². The molecule has 0 atom stereocenters. The molecule has 0 unspecified atom stereocenters. The van der Waals surface area contributed by atoms with Crippen molar-refractivity contribution in [1.82, 2.24) is 0 Å². The number of anilines is 2. The maximum Gasteiger partial charge on any atom is 0.0320 e. The molecule has 0 aliphatic rings. The van der Waals surface area contributed by atoms with Gasteiger partial charge in [-0.25, -0.2) is 0 Å². The Hall–Kier alpha value is -1.96. The number of hydrogen-bond acceptors (Lipinski definition) is 2. The van der Waals surface area contributed by atoms with E-state index < -0.39 is 0 Å². The molecule has 0 heterocycles. The van der Waals surface area contributed by atoms with Crippen molar-refractivity contribution in [2.45, 2.75) is 6.92 Å². The van der Waals surface area contributed by atoms with Crippen LogP contribution in [0.2, 0.25) is 0 Å². The van der Waals surface area contributed by atoms with Crippen LogP contribution in [0.25, 0.3) is 11.1 Å². The zero-order valence-corrected chi connectivity index (χ0v) is 8.70. The van der Waals surface area contributed by atoms with E-state index in [0.29, 0.717) is 0 Å². The monoisotopic (exact) mass is 198 g/mol. The molecule has 0 spiro atoms. The number of rotatable bonds is 1. The van der Waals surface area contributed by atoms with E-state index in [2.05, 4.69) is 13.0 Å². The molecule has 2 aromatic rings. The van der Waals surface area contributed by atoms with E-state index in [4.69, 9.17) is 11.5 Å². The molecule has 0 aliphatic heterocycles. The summed E-state index contributed by atoms with van der Waals surface area (Å²) in [7, 11) is 0. The van der Waals surface area contributed by atoms with Crippen molar-refractivity contribution < 1.29 is 0 Å². The smallest absolute Gasteiger partial charge is 0.0320 e. The molecule has 0 saturated carbocycles. The van der Waals surface area contributed by atoms with Gasteiger partial charge in [-0.3, -0.25) is 0 Å². The van der Waals surface area contributed by atoms with Gasteiger partial charge in [0.05, 0.1) is 0 Å². The molecule has 2 nitrogen and oxygen atoms in total. The van der Waals surface area contributed by atoms with Crippen LogP contribution in [0.15, 0.2) is 42.5 Å². The normalized spacial score (nSPS) is 10.2. The average Bonchev–Trinajstić information content (AvgIpc) is 2.17. The van der Waals surface area contributed by atoms with Crippen LogP contribution in [0.4, 0.5) is 11.4 Å². The lowest BCUT2D eigenvalue weighted by Crippen LogP contribution is -1.90. The van der Waals surface area contributed by atoms with Gasteiger partial charge >= 0.3 is 0 Å². The summed E-state index contributed by atoms with van der Waals surface area (Å²) in [5.41, 5.74) is 16.5. The Kier molecular flexibility index (Phi) is 2.34. The molecule has 2 rings (SSSR count). The van der Waals surface area contributed by atoms with E-state index in [1.807, 2.05) is 36.4 Å². The zero-order chi connectivity index (χ0) is 10.8. The highest BCUT2D eigenvalue weighted by molar-refractivity contribution is 5.72. The fourth-order valence-electron chi connectivity index (χ4n) is 1.72. The lowest BCUT2D eigenvalue weighted by Gasteiger charge is -2.07. The first-order chi connectivity index (χ1) is 7.16. The third kappa shape index (κ3) is 1.94. The Morgan fingerprint density at radius 3 is 2.27 bits per heavy atom. The predicted molar refractivity (Wildman–Crippen MR) is 65.4 cm³/mol. The highest BCUT2D eigenvalue weighted by atomic mass is 14.5. The second kappa shape index (κ2) is 3.65. The first kappa shape index (κ1) is 9.59. The van der Waals surface area contributed by atoms with Gasteiger partial charge in [-0.05, 0) is 47.9 Å². The van der Waals surface area contributed by atoms with E-state index in [1.54, 1.807) is 0 Å². The molecule has 0 fully saturated rings. The summed E-state index contributed by atoms with van der Waals surface area (Å²) in [4.78, 5) is 0. The van der Waals surface area contributed by atoms with Crippen molar-refractivity contribution in [3.05, 3.63) is 48.0 Å². The minimum Gasteiger partial charge on any atom is -0.399 e. The van der Waals surface area contributed by atoms with Crippen LogP contribution in [0, 0.1) is 6.92 Å². The highest BCUT2D eigenvalue weighted by Gasteiger charge is 2.01. The fraction of sp³-hybridized carbons (Fsp3) is 0.0769.